The van der Waals surface area contributed by atoms with Crippen LogP contribution in [0.4, 0.5) is 0 Å². The second-order valence-corrected chi connectivity index (χ2v) is 11.7. The van der Waals surface area contributed by atoms with Crippen LogP contribution in [0.25, 0.3) is 22.2 Å². The van der Waals surface area contributed by atoms with Crippen LogP contribution < -0.4 is 9.47 Å². The Morgan fingerprint density at radius 1 is 0.947 bits per heavy atom. The number of nitrogens with one attached hydrogen (secondary N) is 1. The number of hydrogen-bond acceptors (Lipinski definition) is 6. The van der Waals surface area contributed by atoms with Crippen LogP contribution in [0, 0.1) is 6.92 Å². The van der Waals surface area contributed by atoms with Gasteiger partial charge in [-0.1, -0.05) is 6.07 Å². The lowest BCUT2D eigenvalue weighted by molar-refractivity contribution is 0.0845. The van der Waals surface area contributed by atoms with Crippen molar-refractivity contribution in [3.05, 3.63) is 64.1 Å². The van der Waals surface area contributed by atoms with E-state index in [1.165, 1.54) is 78.9 Å². The van der Waals surface area contributed by atoms with Gasteiger partial charge in [0.25, 0.3) is 0 Å². The van der Waals surface area contributed by atoms with Gasteiger partial charge in [0.2, 0.25) is 0 Å². The lowest BCUT2D eigenvalue weighted by atomic mass is 9.87. The third-order valence-corrected chi connectivity index (χ3v) is 9.44. The van der Waals surface area contributed by atoms with E-state index in [1.54, 1.807) is 25.6 Å². The Kier molecular flexibility index (Phi) is 7.41. The average molecular weight is 531 g/mol. The highest BCUT2D eigenvalue weighted by Crippen LogP contribution is 2.38. The molecule has 0 saturated carbocycles. The summed E-state index contributed by atoms with van der Waals surface area (Å²) in [6.07, 6.45) is 6.98. The Morgan fingerprint density at radius 2 is 1.74 bits per heavy atom. The lowest BCUT2D eigenvalue weighted by Crippen LogP contribution is -2.47. The largest absolute Gasteiger partial charge is 0.493 e. The van der Waals surface area contributed by atoms with E-state index in [-0.39, 0.29) is 0 Å². The van der Waals surface area contributed by atoms with Crippen molar-refractivity contribution >= 4 is 22.2 Å². The third kappa shape index (κ3) is 5.07. The molecular formula is C31H38N4O2S. The average Bonchev–Trinajstić information content (AvgIpc) is 3.60. The predicted molar refractivity (Wildman–Crippen MR) is 156 cm³/mol. The van der Waals surface area contributed by atoms with E-state index in [9.17, 15) is 0 Å². The summed E-state index contributed by atoms with van der Waals surface area (Å²) in [6, 6.07) is 13.9. The number of aromatic nitrogens is 2. The molecule has 0 unspecified atom stereocenters. The van der Waals surface area contributed by atoms with E-state index in [0.29, 0.717) is 5.92 Å². The van der Waals surface area contributed by atoms with Crippen molar-refractivity contribution in [3.63, 3.8) is 0 Å². The fourth-order valence-corrected chi connectivity index (χ4v) is 7.10. The zero-order chi connectivity index (χ0) is 26.1. The van der Waals surface area contributed by atoms with E-state index >= 15 is 0 Å². The highest BCUT2D eigenvalue weighted by atomic mass is 32.1. The molecule has 2 aliphatic heterocycles. The fraction of sp³-hybridized carbons (Fsp3) is 0.452. The second kappa shape index (κ2) is 11.1. The summed E-state index contributed by atoms with van der Waals surface area (Å²) in [5.74, 6) is 2.14. The number of benzene rings is 2. The molecule has 0 amide bonds. The first-order valence-electron chi connectivity index (χ1n) is 13.8. The zero-order valence-electron chi connectivity index (χ0n) is 22.7. The Hall–Kier alpha value is -2.87. The van der Waals surface area contributed by atoms with Gasteiger partial charge in [-0.2, -0.15) is 0 Å². The van der Waals surface area contributed by atoms with Gasteiger partial charge >= 0.3 is 0 Å². The van der Waals surface area contributed by atoms with Gasteiger partial charge in [-0.05, 0) is 93.1 Å². The van der Waals surface area contributed by atoms with E-state index < -0.39 is 0 Å². The highest BCUT2D eigenvalue weighted by Gasteiger charge is 2.29. The van der Waals surface area contributed by atoms with Gasteiger partial charge in [0.1, 0.15) is 5.01 Å². The molecular weight excluding hydrogens is 492 g/mol. The fourth-order valence-electron chi connectivity index (χ4n) is 6.44. The molecule has 200 valence electrons. The molecule has 2 saturated heterocycles. The van der Waals surface area contributed by atoms with Gasteiger partial charge in [-0.15, -0.1) is 11.3 Å². The summed E-state index contributed by atoms with van der Waals surface area (Å²) in [4.78, 5) is 13.5. The van der Waals surface area contributed by atoms with Crippen LogP contribution in [0.2, 0.25) is 0 Å². The summed E-state index contributed by atoms with van der Waals surface area (Å²) < 4.78 is 11.0. The standard InChI is InChI=1S/C31H38N4O2S/c1-21-26-18-23(4-6-27(26)33-31(21)24-5-7-28(36-2)29(19-24)37-3)22-8-15-35(16-9-22)25-10-13-34(14-11-25)20-30-32-12-17-38-30/h4-7,12,17-19,22,25,33H,8-11,13-16,20H2,1-3H3. The first-order valence-corrected chi connectivity index (χ1v) is 14.7. The number of hydrogen-bond donors (Lipinski definition) is 1. The summed E-state index contributed by atoms with van der Waals surface area (Å²) in [5, 5.41) is 4.65. The van der Waals surface area contributed by atoms with E-state index in [4.69, 9.17) is 9.47 Å². The van der Waals surface area contributed by atoms with Gasteiger partial charge in [0.15, 0.2) is 11.5 Å². The van der Waals surface area contributed by atoms with Gasteiger partial charge in [-0.25, -0.2) is 4.98 Å². The molecule has 6 rings (SSSR count). The molecule has 2 aromatic carbocycles. The van der Waals surface area contributed by atoms with Crippen molar-refractivity contribution in [2.24, 2.45) is 0 Å². The van der Waals surface area contributed by atoms with Crippen LogP contribution in [-0.2, 0) is 6.54 Å². The highest BCUT2D eigenvalue weighted by molar-refractivity contribution is 7.09. The number of likely N-dealkylation sites (tertiary alicyclic amines) is 2. The normalized spacial score (nSPS) is 18.3. The molecule has 0 atom stereocenters. The molecule has 1 N–H and O–H groups in total. The van der Waals surface area contributed by atoms with Gasteiger partial charge < -0.3 is 19.4 Å². The Morgan fingerprint density at radius 3 is 2.45 bits per heavy atom. The number of aromatic amines is 1. The van der Waals surface area contributed by atoms with Crippen molar-refractivity contribution in [1.82, 2.24) is 19.8 Å². The van der Waals surface area contributed by atoms with Crippen molar-refractivity contribution in [3.8, 4) is 22.8 Å². The predicted octanol–water partition coefficient (Wildman–Crippen LogP) is 6.46. The molecule has 38 heavy (non-hydrogen) atoms. The Balaban J connectivity index is 1.10. The molecule has 0 radical (unpaired) electrons. The molecule has 4 heterocycles. The molecule has 2 fully saturated rings. The maximum absolute atomic E-state index is 5.54. The summed E-state index contributed by atoms with van der Waals surface area (Å²) in [7, 11) is 3.36. The van der Waals surface area contributed by atoms with Crippen molar-refractivity contribution < 1.29 is 9.47 Å². The second-order valence-electron chi connectivity index (χ2n) is 10.7. The van der Waals surface area contributed by atoms with Crippen LogP contribution >= 0.6 is 11.3 Å². The van der Waals surface area contributed by atoms with Gasteiger partial charge in [-0.3, -0.25) is 4.90 Å². The Labute approximate surface area is 229 Å². The lowest BCUT2D eigenvalue weighted by Gasteiger charge is -2.41. The minimum Gasteiger partial charge on any atom is -0.493 e. The monoisotopic (exact) mass is 530 g/mol. The summed E-state index contributed by atoms with van der Waals surface area (Å²) in [5.41, 5.74) is 6.23. The number of nitrogens with zero attached hydrogens (tertiary/aromatic N) is 3. The van der Waals surface area contributed by atoms with Crippen molar-refractivity contribution in [1.29, 1.82) is 0 Å². The number of thiazole rings is 1. The maximum Gasteiger partial charge on any atom is 0.161 e. The third-order valence-electron chi connectivity index (χ3n) is 8.67. The van der Waals surface area contributed by atoms with Crippen LogP contribution in [0.3, 0.4) is 0 Å². The number of rotatable bonds is 7. The summed E-state index contributed by atoms with van der Waals surface area (Å²) in [6.45, 7) is 8.04. The van der Waals surface area contributed by atoms with Gasteiger partial charge in [0.05, 0.1) is 20.8 Å². The number of aryl methyl sites for hydroxylation is 1. The number of piperidine rings is 2. The number of ether oxygens (including phenoxy) is 2. The first kappa shape index (κ1) is 25.4. The molecule has 2 aromatic heterocycles. The minimum absolute atomic E-state index is 0.638. The number of methoxy groups -OCH3 is 2. The zero-order valence-corrected chi connectivity index (χ0v) is 23.5. The van der Waals surface area contributed by atoms with Crippen LogP contribution in [-0.4, -0.2) is 66.2 Å². The minimum atomic E-state index is 0.638. The SMILES string of the molecule is COc1ccc(-c2[nH]c3ccc(C4CCN(C5CCN(Cc6nccs6)CC5)CC4)cc3c2C)cc1OC. The quantitative estimate of drug-likeness (QED) is 0.297. The molecule has 0 aliphatic carbocycles. The molecule has 6 nitrogen and oxygen atoms in total. The molecule has 7 heteroatoms. The number of H-pyrrole nitrogens is 1. The van der Waals surface area contributed by atoms with Gasteiger partial charge in [0, 0.05) is 52.9 Å². The van der Waals surface area contributed by atoms with E-state index in [2.05, 4.69) is 62.4 Å². The van der Waals surface area contributed by atoms with Crippen LogP contribution in [0.15, 0.2) is 48.0 Å². The van der Waals surface area contributed by atoms with Crippen molar-refractivity contribution in [2.45, 2.75) is 51.1 Å². The first-order chi connectivity index (χ1) is 18.6. The summed E-state index contributed by atoms with van der Waals surface area (Å²) >= 11 is 1.77. The van der Waals surface area contributed by atoms with Crippen LogP contribution in [0.5, 0.6) is 11.5 Å². The number of fused-ring (bicyclic) bond motifs is 1. The smallest absolute Gasteiger partial charge is 0.161 e. The maximum atomic E-state index is 5.54. The topological polar surface area (TPSA) is 53.6 Å². The Bertz CT molecular complexity index is 1370. The molecule has 0 spiro atoms. The van der Waals surface area contributed by atoms with E-state index in [1.807, 2.05) is 12.3 Å². The molecule has 0 bridgehead atoms. The van der Waals surface area contributed by atoms with Crippen LogP contribution in [0.1, 0.15) is 47.7 Å². The van der Waals surface area contributed by atoms with E-state index in [0.717, 1.165) is 35.3 Å². The van der Waals surface area contributed by atoms with Crippen molar-refractivity contribution in [2.75, 3.05) is 40.4 Å². The molecule has 4 aromatic rings. The molecule has 2 aliphatic rings.